The van der Waals surface area contributed by atoms with E-state index in [0.717, 1.165) is 22.3 Å². The summed E-state index contributed by atoms with van der Waals surface area (Å²) in [5.74, 6) is -0.417. The highest BCUT2D eigenvalue weighted by Gasteiger charge is 2.54. The normalized spacial score (nSPS) is 20.4. The number of carbonyl (C=O) groups excluding carboxylic acids is 2. The Balaban J connectivity index is 1.20. The highest BCUT2D eigenvalue weighted by atomic mass is 32.2. The topological polar surface area (TPSA) is 95.9 Å². The van der Waals surface area contributed by atoms with Gasteiger partial charge in [0.25, 0.3) is 0 Å². The highest BCUT2D eigenvalue weighted by Crippen LogP contribution is 2.48. The number of carbonyl (C=O) groups is 3. The fraction of sp³-hybridized carbons (Fsp3) is 0.375. The largest absolute Gasteiger partial charge is 0.480 e. The van der Waals surface area contributed by atoms with Crippen molar-refractivity contribution >= 4 is 29.7 Å². The molecule has 166 valence electrons. The molecule has 1 aliphatic heterocycles. The molecule has 2 aromatic carbocycles. The Labute approximate surface area is 190 Å². The first-order valence-electron chi connectivity index (χ1n) is 10.7. The van der Waals surface area contributed by atoms with Gasteiger partial charge in [0, 0.05) is 18.2 Å². The smallest absolute Gasteiger partial charge is 0.407 e. The number of hydrogen-bond acceptors (Lipinski definition) is 5. The Morgan fingerprint density at radius 1 is 1.06 bits per heavy atom. The van der Waals surface area contributed by atoms with Crippen molar-refractivity contribution in [1.82, 2.24) is 10.2 Å². The number of thioether (sulfide) groups is 1. The van der Waals surface area contributed by atoms with Gasteiger partial charge in [-0.25, -0.2) is 9.59 Å². The first-order valence-corrected chi connectivity index (χ1v) is 11.9. The van der Waals surface area contributed by atoms with Gasteiger partial charge in [0.1, 0.15) is 12.6 Å². The number of fused-ring (bicyclic) bond motifs is 3. The fourth-order valence-corrected chi connectivity index (χ4v) is 5.81. The van der Waals surface area contributed by atoms with Crippen LogP contribution >= 0.6 is 11.8 Å². The van der Waals surface area contributed by atoms with Gasteiger partial charge < -0.3 is 20.1 Å². The lowest BCUT2D eigenvalue weighted by molar-refractivity contribution is -0.150. The summed E-state index contributed by atoms with van der Waals surface area (Å²) in [6.45, 7) is 0.376. The Morgan fingerprint density at radius 2 is 1.69 bits per heavy atom. The van der Waals surface area contributed by atoms with Crippen LogP contribution in [0.5, 0.6) is 0 Å². The average Bonchev–Trinajstić information content (AvgIpc) is 3.31. The molecule has 7 nitrogen and oxygen atoms in total. The molecule has 5 rings (SSSR count). The van der Waals surface area contributed by atoms with Crippen molar-refractivity contribution in [2.45, 2.75) is 24.8 Å². The summed E-state index contributed by atoms with van der Waals surface area (Å²) in [5.41, 5.74) is 3.90. The second-order valence-electron chi connectivity index (χ2n) is 8.59. The zero-order chi connectivity index (χ0) is 22.3. The second kappa shape index (κ2) is 8.16. The predicted octanol–water partition coefficient (Wildman–Crippen LogP) is 3.29. The van der Waals surface area contributed by atoms with Crippen LogP contribution in [0.2, 0.25) is 0 Å². The number of ether oxygens (including phenoxy) is 1. The number of nitrogens with zero attached hydrogens (tertiary/aromatic N) is 1. The van der Waals surface area contributed by atoms with Crippen LogP contribution in [0, 0.1) is 5.41 Å². The third-order valence-corrected chi connectivity index (χ3v) is 7.66. The molecule has 8 heteroatoms. The summed E-state index contributed by atoms with van der Waals surface area (Å²) < 4.78 is 5.55. The maximum atomic E-state index is 13.0. The van der Waals surface area contributed by atoms with Crippen LogP contribution in [0.3, 0.4) is 0 Å². The lowest BCUT2D eigenvalue weighted by atomic mass is 9.98. The van der Waals surface area contributed by atoms with E-state index in [0.29, 0.717) is 24.5 Å². The first kappa shape index (κ1) is 20.9. The predicted molar refractivity (Wildman–Crippen MR) is 120 cm³/mol. The molecule has 1 saturated carbocycles. The van der Waals surface area contributed by atoms with Gasteiger partial charge in [-0.15, -0.1) is 11.8 Å². The minimum absolute atomic E-state index is 0.0254. The molecule has 1 heterocycles. The Bertz CT molecular complexity index is 1040. The summed E-state index contributed by atoms with van der Waals surface area (Å²) in [5, 5.41) is 12.1. The third kappa shape index (κ3) is 3.62. The van der Waals surface area contributed by atoms with Crippen LogP contribution < -0.4 is 5.32 Å². The lowest BCUT2D eigenvalue weighted by Crippen LogP contribution is -2.48. The summed E-state index contributed by atoms with van der Waals surface area (Å²) in [6.07, 6.45) is 0.725. The van der Waals surface area contributed by atoms with Gasteiger partial charge in [0.05, 0.1) is 11.3 Å². The van der Waals surface area contributed by atoms with E-state index in [2.05, 4.69) is 29.6 Å². The lowest BCUT2D eigenvalue weighted by Gasteiger charge is -2.26. The van der Waals surface area contributed by atoms with Crippen LogP contribution in [0.4, 0.5) is 4.79 Å². The van der Waals surface area contributed by atoms with Crippen molar-refractivity contribution in [3.8, 4) is 11.1 Å². The monoisotopic (exact) mass is 452 g/mol. The first-order chi connectivity index (χ1) is 15.5. The van der Waals surface area contributed by atoms with Crippen LogP contribution in [0.15, 0.2) is 48.5 Å². The van der Waals surface area contributed by atoms with Crippen molar-refractivity contribution in [2.24, 2.45) is 5.41 Å². The Kier molecular flexibility index (Phi) is 5.33. The van der Waals surface area contributed by atoms with Gasteiger partial charge in [-0.2, -0.15) is 0 Å². The number of benzene rings is 2. The SMILES string of the molecule is O=C(NCC1(C(=O)N2CSCC2C(=O)O)CC1)OCC1c2ccccc2-c2ccccc21. The molecule has 2 N–H and O–H groups in total. The molecule has 1 saturated heterocycles. The zero-order valence-corrected chi connectivity index (χ0v) is 18.3. The third-order valence-electron chi connectivity index (χ3n) is 6.65. The Morgan fingerprint density at radius 3 is 2.28 bits per heavy atom. The number of nitrogens with one attached hydrogen (secondary N) is 1. The minimum atomic E-state index is -0.983. The quantitative estimate of drug-likeness (QED) is 0.698. The number of carboxylic acids is 1. The van der Waals surface area contributed by atoms with Crippen molar-refractivity contribution in [1.29, 1.82) is 0 Å². The van der Waals surface area contributed by atoms with Gasteiger partial charge in [0.2, 0.25) is 5.91 Å². The van der Waals surface area contributed by atoms with Crippen LogP contribution in [0.25, 0.3) is 11.1 Å². The van der Waals surface area contributed by atoms with E-state index in [1.807, 2.05) is 24.3 Å². The molecule has 1 atom stereocenters. The standard InChI is InChI=1S/C24H24N2O5S/c27-21(28)20-12-32-14-26(20)22(29)24(9-10-24)13-25-23(30)31-11-19-17-7-3-1-5-15(17)16-6-2-4-8-18(16)19/h1-8,19-20H,9-14H2,(H,25,30)(H,27,28). The van der Waals surface area contributed by atoms with E-state index < -0.39 is 23.5 Å². The van der Waals surface area contributed by atoms with Crippen molar-refractivity contribution < 1.29 is 24.2 Å². The average molecular weight is 453 g/mol. The highest BCUT2D eigenvalue weighted by molar-refractivity contribution is 7.99. The van der Waals surface area contributed by atoms with Gasteiger partial charge in [-0.05, 0) is 35.1 Å². The van der Waals surface area contributed by atoms with Crippen molar-refractivity contribution in [2.75, 3.05) is 24.8 Å². The van der Waals surface area contributed by atoms with E-state index in [1.54, 1.807) is 0 Å². The van der Waals surface area contributed by atoms with E-state index in [4.69, 9.17) is 4.74 Å². The molecule has 0 radical (unpaired) electrons. The van der Waals surface area contributed by atoms with E-state index in [1.165, 1.54) is 16.7 Å². The van der Waals surface area contributed by atoms with Crippen LogP contribution in [0.1, 0.15) is 29.9 Å². The zero-order valence-electron chi connectivity index (χ0n) is 17.5. The molecular weight excluding hydrogens is 428 g/mol. The number of alkyl carbamates (subject to hydrolysis) is 1. The molecule has 0 spiro atoms. The molecule has 2 fully saturated rings. The molecule has 1 unspecified atom stereocenters. The second-order valence-corrected chi connectivity index (χ2v) is 9.59. The van der Waals surface area contributed by atoms with Gasteiger partial charge in [-0.3, -0.25) is 4.79 Å². The van der Waals surface area contributed by atoms with E-state index >= 15 is 0 Å². The summed E-state index contributed by atoms with van der Waals surface area (Å²) in [7, 11) is 0. The van der Waals surface area contributed by atoms with Gasteiger partial charge in [0.15, 0.2) is 0 Å². The Hall–Kier alpha value is -3.00. The van der Waals surface area contributed by atoms with Gasteiger partial charge in [-0.1, -0.05) is 48.5 Å². The number of aliphatic carboxylic acids is 1. The van der Waals surface area contributed by atoms with E-state index in [-0.39, 0.29) is 25.0 Å². The summed E-state index contributed by atoms with van der Waals surface area (Å²) >= 11 is 1.44. The number of hydrogen-bond donors (Lipinski definition) is 2. The van der Waals surface area contributed by atoms with Gasteiger partial charge >= 0.3 is 12.1 Å². The number of amides is 2. The molecule has 2 amide bonds. The molecule has 32 heavy (non-hydrogen) atoms. The summed E-state index contributed by atoms with van der Waals surface area (Å²) in [6, 6.07) is 15.5. The molecule has 3 aliphatic rings. The fourth-order valence-electron chi connectivity index (χ4n) is 4.66. The maximum Gasteiger partial charge on any atom is 0.407 e. The summed E-state index contributed by atoms with van der Waals surface area (Å²) in [4.78, 5) is 38.3. The van der Waals surface area contributed by atoms with Crippen molar-refractivity contribution in [3.05, 3.63) is 59.7 Å². The number of carboxylic acid groups (broad SMARTS) is 1. The van der Waals surface area contributed by atoms with E-state index in [9.17, 15) is 19.5 Å². The molecule has 2 aliphatic carbocycles. The number of rotatable bonds is 6. The molecule has 0 bridgehead atoms. The van der Waals surface area contributed by atoms with Crippen LogP contribution in [-0.4, -0.2) is 58.8 Å². The molecular formula is C24H24N2O5S. The molecule has 2 aromatic rings. The minimum Gasteiger partial charge on any atom is -0.480 e. The molecule has 0 aromatic heterocycles. The van der Waals surface area contributed by atoms with Crippen LogP contribution in [-0.2, 0) is 14.3 Å². The van der Waals surface area contributed by atoms with Crippen molar-refractivity contribution in [3.63, 3.8) is 0 Å². The maximum absolute atomic E-state index is 13.0.